The summed E-state index contributed by atoms with van der Waals surface area (Å²) in [6.45, 7) is 4.62. The maximum Gasteiger partial charge on any atom is 0.260 e. The second-order valence-electron chi connectivity index (χ2n) is 9.48. The summed E-state index contributed by atoms with van der Waals surface area (Å²) in [5, 5.41) is 0. The van der Waals surface area contributed by atoms with E-state index in [4.69, 9.17) is 4.74 Å². The van der Waals surface area contributed by atoms with Crippen LogP contribution in [0.5, 0.6) is 5.75 Å². The second kappa shape index (κ2) is 19.2. The number of carbonyl (C=O) groups is 2. The third kappa shape index (κ3) is 12.3. The maximum absolute atomic E-state index is 13.0. The standard InChI is InChI=1S/C30H45N2O3.HI/c1-4-5-6-7-8-9-10-11-12-13-14-17-24-35-29-21-19-27(20-22-29)30(34)32(26(2)33)25-28-18-15-16-23-31(28)3;/h15-16,18-23H,4-14,17,24-25H2,1-3H3;1H/q+1;/p-1. The van der Waals surface area contributed by atoms with Gasteiger partial charge in [0.25, 0.3) is 5.91 Å². The van der Waals surface area contributed by atoms with Crippen molar-refractivity contribution >= 4 is 11.8 Å². The van der Waals surface area contributed by atoms with E-state index in [2.05, 4.69) is 6.92 Å². The van der Waals surface area contributed by atoms with Crippen molar-refractivity contribution in [3.63, 3.8) is 0 Å². The van der Waals surface area contributed by atoms with E-state index in [9.17, 15) is 9.59 Å². The van der Waals surface area contributed by atoms with Gasteiger partial charge >= 0.3 is 0 Å². The van der Waals surface area contributed by atoms with Crippen LogP contribution >= 0.6 is 0 Å². The molecule has 0 N–H and O–H groups in total. The van der Waals surface area contributed by atoms with Gasteiger partial charge in [-0.3, -0.25) is 14.5 Å². The number of nitrogens with zero attached hydrogens (tertiary/aromatic N) is 2. The van der Waals surface area contributed by atoms with E-state index >= 15 is 0 Å². The van der Waals surface area contributed by atoms with E-state index in [0.29, 0.717) is 12.2 Å². The summed E-state index contributed by atoms with van der Waals surface area (Å²) in [6, 6.07) is 12.8. The van der Waals surface area contributed by atoms with Crippen LogP contribution in [0, 0.1) is 0 Å². The van der Waals surface area contributed by atoms with Crippen LogP contribution in [0.4, 0.5) is 0 Å². The van der Waals surface area contributed by atoms with Gasteiger partial charge in [0.05, 0.1) is 6.61 Å². The van der Waals surface area contributed by atoms with Crippen LogP contribution in [0.2, 0.25) is 0 Å². The molecule has 0 aliphatic rings. The van der Waals surface area contributed by atoms with E-state index in [1.54, 1.807) is 12.1 Å². The Labute approximate surface area is 235 Å². The zero-order valence-corrected chi connectivity index (χ0v) is 24.7. The molecule has 2 rings (SSSR count). The summed E-state index contributed by atoms with van der Waals surface area (Å²) in [7, 11) is 1.90. The lowest BCUT2D eigenvalue weighted by Crippen LogP contribution is -3.00. The molecule has 2 aromatic rings. The van der Waals surface area contributed by atoms with E-state index < -0.39 is 0 Å². The van der Waals surface area contributed by atoms with Crippen LogP contribution in [0.25, 0.3) is 0 Å². The zero-order chi connectivity index (χ0) is 25.3. The summed E-state index contributed by atoms with van der Waals surface area (Å²) in [5.74, 6) is 0.188. The normalized spacial score (nSPS) is 10.5. The number of aromatic nitrogens is 1. The topological polar surface area (TPSA) is 50.5 Å². The number of amides is 2. The Hall–Kier alpha value is -1.96. The summed E-state index contributed by atoms with van der Waals surface area (Å²) in [6.07, 6.45) is 17.8. The summed E-state index contributed by atoms with van der Waals surface area (Å²) in [5.41, 5.74) is 1.37. The molecule has 0 radical (unpaired) electrons. The van der Waals surface area contributed by atoms with Gasteiger partial charge in [-0.25, -0.2) is 4.57 Å². The molecule has 0 aliphatic heterocycles. The molecule has 5 nitrogen and oxygen atoms in total. The number of hydrogen-bond acceptors (Lipinski definition) is 3. The molecular formula is C30H45IN2O3. The van der Waals surface area contributed by atoms with Crippen molar-refractivity contribution in [1.29, 1.82) is 0 Å². The van der Waals surface area contributed by atoms with Crippen molar-refractivity contribution in [3.05, 3.63) is 59.9 Å². The Balaban J connectivity index is 0.00000648. The number of pyridine rings is 1. The molecule has 0 saturated carbocycles. The predicted octanol–water partition coefficient (Wildman–Crippen LogP) is 3.78. The van der Waals surface area contributed by atoms with Gasteiger partial charge in [-0.05, 0) is 30.7 Å². The summed E-state index contributed by atoms with van der Waals surface area (Å²) in [4.78, 5) is 26.4. The highest BCUT2D eigenvalue weighted by Crippen LogP contribution is 2.16. The number of carbonyl (C=O) groups excluding carboxylic acids is 2. The number of imide groups is 1. The van der Waals surface area contributed by atoms with Gasteiger partial charge in [0.15, 0.2) is 6.20 Å². The minimum atomic E-state index is -0.297. The molecule has 2 amide bonds. The molecule has 0 unspecified atom stereocenters. The van der Waals surface area contributed by atoms with Crippen LogP contribution < -0.4 is 33.3 Å². The first-order valence-corrected chi connectivity index (χ1v) is 13.5. The van der Waals surface area contributed by atoms with Crippen molar-refractivity contribution in [2.45, 2.75) is 97.4 Å². The average Bonchev–Trinajstić information content (AvgIpc) is 2.86. The van der Waals surface area contributed by atoms with Crippen molar-refractivity contribution < 1.29 is 42.9 Å². The Morgan fingerprint density at radius 1 is 0.806 bits per heavy atom. The van der Waals surface area contributed by atoms with Gasteiger partial charge in [-0.1, -0.05) is 83.6 Å². The number of halogens is 1. The van der Waals surface area contributed by atoms with Crippen molar-refractivity contribution in [1.82, 2.24) is 4.90 Å². The number of rotatable bonds is 17. The zero-order valence-electron chi connectivity index (χ0n) is 22.5. The van der Waals surface area contributed by atoms with Crippen LogP contribution in [0.3, 0.4) is 0 Å². The average molecular weight is 609 g/mol. The first-order valence-electron chi connectivity index (χ1n) is 13.5. The van der Waals surface area contributed by atoms with E-state index in [-0.39, 0.29) is 42.3 Å². The lowest BCUT2D eigenvalue weighted by atomic mass is 10.1. The van der Waals surface area contributed by atoms with Gasteiger partial charge in [0.1, 0.15) is 19.3 Å². The molecule has 6 heteroatoms. The van der Waals surface area contributed by atoms with Crippen LogP contribution in [0.15, 0.2) is 48.7 Å². The number of hydrogen-bond donors (Lipinski definition) is 0. The molecule has 200 valence electrons. The molecule has 0 aliphatic carbocycles. The van der Waals surface area contributed by atoms with Gasteiger partial charge < -0.3 is 28.7 Å². The molecule has 0 fully saturated rings. The molecule has 0 bridgehead atoms. The maximum atomic E-state index is 13.0. The van der Waals surface area contributed by atoms with Crippen molar-refractivity contribution in [3.8, 4) is 5.75 Å². The fraction of sp³-hybridized carbons (Fsp3) is 0.567. The Kier molecular flexibility index (Phi) is 17.1. The van der Waals surface area contributed by atoms with E-state index in [0.717, 1.165) is 17.9 Å². The molecule has 0 atom stereocenters. The molecule has 0 saturated heterocycles. The SMILES string of the molecule is CCCCCCCCCCCCCCOc1ccc(C(=O)N(Cc2cccc[n+]2C)C(C)=O)cc1.[I-]. The summed E-state index contributed by atoms with van der Waals surface area (Å²) < 4.78 is 7.77. The van der Waals surface area contributed by atoms with Gasteiger partial charge in [-0.2, -0.15) is 0 Å². The highest BCUT2D eigenvalue weighted by molar-refractivity contribution is 6.04. The first-order chi connectivity index (χ1) is 17.0. The number of benzene rings is 1. The monoisotopic (exact) mass is 608 g/mol. The fourth-order valence-corrected chi connectivity index (χ4v) is 4.19. The minimum Gasteiger partial charge on any atom is -1.00 e. The lowest BCUT2D eigenvalue weighted by Gasteiger charge is -2.18. The number of ether oxygens (including phenoxy) is 1. The van der Waals surface area contributed by atoms with Crippen LogP contribution in [0.1, 0.15) is 107 Å². The summed E-state index contributed by atoms with van der Waals surface area (Å²) >= 11 is 0. The minimum absolute atomic E-state index is 0. The second-order valence-corrected chi connectivity index (χ2v) is 9.48. The Morgan fingerprint density at radius 3 is 1.89 bits per heavy atom. The van der Waals surface area contributed by atoms with Crippen LogP contribution in [-0.2, 0) is 18.4 Å². The van der Waals surface area contributed by atoms with Gasteiger partial charge in [0, 0.05) is 24.6 Å². The van der Waals surface area contributed by atoms with Crippen molar-refractivity contribution in [2.75, 3.05) is 6.61 Å². The van der Waals surface area contributed by atoms with Gasteiger partial charge in [-0.15, -0.1) is 0 Å². The fourth-order valence-electron chi connectivity index (χ4n) is 4.19. The highest BCUT2D eigenvalue weighted by atomic mass is 127. The quantitative estimate of drug-likeness (QED) is 0.156. The number of unbranched alkanes of at least 4 members (excludes halogenated alkanes) is 11. The molecule has 1 heterocycles. The smallest absolute Gasteiger partial charge is 0.260 e. The lowest BCUT2D eigenvalue weighted by molar-refractivity contribution is -0.679. The Morgan fingerprint density at radius 2 is 1.36 bits per heavy atom. The highest BCUT2D eigenvalue weighted by Gasteiger charge is 2.23. The van der Waals surface area contributed by atoms with E-state index in [1.165, 1.54) is 82.5 Å². The van der Waals surface area contributed by atoms with E-state index in [1.807, 2.05) is 48.1 Å². The third-order valence-corrected chi connectivity index (χ3v) is 6.48. The Bertz CT molecular complexity index is 886. The first kappa shape index (κ1) is 32.1. The molecular weight excluding hydrogens is 563 g/mol. The molecule has 36 heavy (non-hydrogen) atoms. The van der Waals surface area contributed by atoms with Crippen LogP contribution in [-0.4, -0.2) is 23.3 Å². The largest absolute Gasteiger partial charge is 1.00 e. The molecule has 0 spiro atoms. The molecule has 1 aromatic heterocycles. The third-order valence-electron chi connectivity index (χ3n) is 6.48. The predicted molar refractivity (Wildman–Crippen MR) is 141 cm³/mol. The van der Waals surface area contributed by atoms with Gasteiger partial charge in [0.2, 0.25) is 11.6 Å². The number of aryl methyl sites for hydroxylation is 1. The van der Waals surface area contributed by atoms with Crippen molar-refractivity contribution in [2.24, 2.45) is 7.05 Å². The molecule has 1 aromatic carbocycles.